The maximum Gasteiger partial charge on any atom is 0.269 e. The molecule has 1 aromatic carbocycles. The molecule has 7 nitrogen and oxygen atoms in total. The Morgan fingerprint density at radius 3 is 2.85 bits per heavy atom. The minimum atomic E-state index is -0.357. The summed E-state index contributed by atoms with van der Waals surface area (Å²) in [6, 6.07) is 6.74. The molecule has 0 radical (unpaired) electrons. The topological polar surface area (TPSA) is 74.0 Å². The Labute approximate surface area is 161 Å². The number of hydrogen-bond donors (Lipinski definition) is 1. The van der Waals surface area contributed by atoms with Crippen molar-refractivity contribution in [2.24, 2.45) is 10.9 Å². The highest BCUT2D eigenvalue weighted by Crippen LogP contribution is 2.20. The third kappa shape index (κ3) is 5.66. The van der Waals surface area contributed by atoms with E-state index in [1.165, 1.54) is 51.4 Å². The zero-order valence-corrected chi connectivity index (χ0v) is 16.3. The highest BCUT2D eigenvalue weighted by molar-refractivity contribution is 5.80. The van der Waals surface area contributed by atoms with Gasteiger partial charge in [-0.2, -0.15) is 0 Å². The average Bonchev–Trinajstić information content (AvgIpc) is 3.14. The predicted octanol–water partition coefficient (Wildman–Crippen LogP) is 2.87. The largest absolute Gasteiger partial charge is 0.357 e. The summed E-state index contributed by atoms with van der Waals surface area (Å²) in [6.45, 7) is 9.11. The van der Waals surface area contributed by atoms with E-state index >= 15 is 0 Å². The quantitative estimate of drug-likeness (QED) is 0.359. The SMILES string of the molecule is CCNC(=NCc1cccc([N+](=O)[O-])c1)N1CCC(CN2CCCCC2)C1. The van der Waals surface area contributed by atoms with Crippen LogP contribution in [-0.2, 0) is 6.54 Å². The number of piperidine rings is 1. The number of rotatable bonds is 6. The predicted molar refractivity (Wildman–Crippen MR) is 108 cm³/mol. The van der Waals surface area contributed by atoms with Gasteiger partial charge in [0.25, 0.3) is 5.69 Å². The number of nitro groups is 1. The molecule has 7 heteroatoms. The van der Waals surface area contributed by atoms with E-state index in [2.05, 4.69) is 22.0 Å². The summed E-state index contributed by atoms with van der Waals surface area (Å²) < 4.78 is 0. The van der Waals surface area contributed by atoms with Crippen LogP contribution in [-0.4, -0.2) is 60.0 Å². The molecule has 2 heterocycles. The zero-order chi connectivity index (χ0) is 19.1. The summed E-state index contributed by atoms with van der Waals surface area (Å²) >= 11 is 0. The first kappa shape index (κ1) is 19.6. The minimum absolute atomic E-state index is 0.121. The average molecular weight is 374 g/mol. The molecular weight excluding hydrogens is 342 g/mol. The summed E-state index contributed by atoms with van der Waals surface area (Å²) in [5, 5.41) is 14.3. The minimum Gasteiger partial charge on any atom is -0.357 e. The Kier molecular flexibility index (Phi) is 7.04. The van der Waals surface area contributed by atoms with Crippen LogP contribution in [0.25, 0.3) is 0 Å². The Morgan fingerprint density at radius 1 is 1.30 bits per heavy atom. The second-order valence-corrected chi connectivity index (χ2v) is 7.56. The standard InChI is InChI=1S/C20H31N5O2/c1-2-21-20(22-14-17-7-6-8-19(13-17)25(26)27)24-12-9-18(16-24)15-23-10-4-3-5-11-23/h6-8,13,18H,2-5,9-12,14-16H2,1H3,(H,21,22). The van der Waals surface area contributed by atoms with Crippen LogP contribution < -0.4 is 5.32 Å². The lowest BCUT2D eigenvalue weighted by Crippen LogP contribution is -2.41. The molecule has 1 aromatic rings. The van der Waals surface area contributed by atoms with Crippen molar-refractivity contribution in [3.63, 3.8) is 0 Å². The van der Waals surface area contributed by atoms with Gasteiger partial charge in [0.1, 0.15) is 0 Å². The van der Waals surface area contributed by atoms with Gasteiger partial charge >= 0.3 is 0 Å². The second kappa shape index (κ2) is 9.69. The number of non-ortho nitro benzene ring substituents is 1. The molecule has 2 fully saturated rings. The molecule has 0 saturated carbocycles. The third-order valence-electron chi connectivity index (χ3n) is 5.42. The molecule has 2 saturated heterocycles. The van der Waals surface area contributed by atoms with E-state index in [0.29, 0.717) is 12.5 Å². The van der Waals surface area contributed by atoms with Crippen molar-refractivity contribution in [1.29, 1.82) is 0 Å². The van der Waals surface area contributed by atoms with Crippen LogP contribution in [0.1, 0.15) is 38.2 Å². The van der Waals surface area contributed by atoms with E-state index < -0.39 is 0 Å². The second-order valence-electron chi connectivity index (χ2n) is 7.56. The van der Waals surface area contributed by atoms with E-state index in [4.69, 9.17) is 4.99 Å². The molecule has 2 aliphatic heterocycles. The molecule has 3 rings (SSSR count). The molecule has 2 aliphatic rings. The lowest BCUT2D eigenvalue weighted by molar-refractivity contribution is -0.384. The Bertz CT molecular complexity index is 658. The number of nitrogens with zero attached hydrogens (tertiary/aromatic N) is 4. The summed E-state index contributed by atoms with van der Waals surface area (Å²) in [6.07, 6.45) is 5.26. The van der Waals surface area contributed by atoms with Crippen LogP contribution in [0.4, 0.5) is 5.69 Å². The Balaban J connectivity index is 1.58. The van der Waals surface area contributed by atoms with Crippen molar-refractivity contribution in [1.82, 2.24) is 15.1 Å². The monoisotopic (exact) mass is 373 g/mol. The smallest absolute Gasteiger partial charge is 0.269 e. The third-order valence-corrected chi connectivity index (χ3v) is 5.42. The van der Waals surface area contributed by atoms with Crippen LogP contribution >= 0.6 is 0 Å². The molecular formula is C20H31N5O2. The molecule has 0 bridgehead atoms. The molecule has 0 aliphatic carbocycles. The van der Waals surface area contributed by atoms with Crippen molar-refractivity contribution in [2.45, 2.75) is 39.2 Å². The number of hydrogen-bond acceptors (Lipinski definition) is 4. The van der Waals surface area contributed by atoms with Crippen molar-refractivity contribution < 1.29 is 4.92 Å². The van der Waals surface area contributed by atoms with Crippen molar-refractivity contribution in [3.8, 4) is 0 Å². The van der Waals surface area contributed by atoms with Crippen LogP contribution in [0.3, 0.4) is 0 Å². The number of benzene rings is 1. The highest BCUT2D eigenvalue weighted by atomic mass is 16.6. The molecule has 0 amide bonds. The van der Waals surface area contributed by atoms with Gasteiger partial charge in [-0.3, -0.25) is 10.1 Å². The van der Waals surface area contributed by atoms with Crippen LogP contribution in [0, 0.1) is 16.0 Å². The number of guanidine groups is 1. The van der Waals surface area contributed by atoms with E-state index in [1.807, 2.05) is 6.07 Å². The molecule has 0 spiro atoms. The van der Waals surface area contributed by atoms with Gasteiger partial charge in [-0.15, -0.1) is 0 Å². The summed E-state index contributed by atoms with van der Waals surface area (Å²) in [4.78, 5) is 20.3. The molecule has 1 unspecified atom stereocenters. The fourth-order valence-corrected chi connectivity index (χ4v) is 4.04. The van der Waals surface area contributed by atoms with E-state index in [0.717, 1.165) is 31.2 Å². The Hall–Kier alpha value is -2.15. The van der Waals surface area contributed by atoms with Gasteiger partial charge in [0.05, 0.1) is 11.5 Å². The van der Waals surface area contributed by atoms with Crippen molar-refractivity contribution in [3.05, 3.63) is 39.9 Å². The van der Waals surface area contributed by atoms with E-state index in [-0.39, 0.29) is 10.6 Å². The summed E-state index contributed by atoms with van der Waals surface area (Å²) in [5.41, 5.74) is 0.985. The molecule has 148 valence electrons. The van der Waals surface area contributed by atoms with Gasteiger partial charge in [-0.25, -0.2) is 4.99 Å². The van der Waals surface area contributed by atoms with Crippen LogP contribution in [0.15, 0.2) is 29.3 Å². The van der Waals surface area contributed by atoms with Gasteiger partial charge in [0.15, 0.2) is 5.96 Å². The normalized spacial score (nSPS) is 21.4. The van der Waals surface area contributed by atoms with E-state index in [9.17, 15) is 10.1 Å². The van der Waals surface area contributed by atoms with E-state index in [1.54, 1.807) is 12.1 Å². The van der Waals surface area contributed by atoms with Crippen molar-refractivity contribution >= 4 is 11.6 Å². The lowest BCUT2D eigenvalue weighted by atomic mass is 10.1. The Morgan fingerprint density at radius 2 is 2.11 bits per heavy atom. The van der Waals surface area contributed by atoms with Gasteiger partial charge in [-0.05, 0) is 50.8 Å². The fraction of sp³-hybridized carbons (Fsp3) is 0.650. The molecule has 1 atom stereocenters. The summed E-state index contributed by atoms with van der Waals surface area (Å²) in [5.74, 6) is 1.62. The molecule has 0 aromatic heterocycles. The highest BCUT2D eigenvalue weighted by Gasteiger charge is 2.26. The number of nitro benzene ring substituents is 1. The summed E-state index contributed by atoms with van der Waals surface area (Å²) in [7, 11) is 0. The van der Waals surface area contributed by atoms with Crippen LogP contribution in [0.2, 0.25) is 0 Å². The maximum absolute atomic E-state index is 10.9. The maximum atomic E-state index is 10.9. The van der Waals surface area contributed by atoms with Gasteiger partial charge in [0, 0.05) is 38.3 Å². The first-order valence-electron chi connectivity index (χ1n) is 10.1. The van der Waals surface area contributed by atoms with Crippen molar-refractivity contribution in [2.75, 3.05) is 39.3 Å². The first-order chi connectivity index (χ1) is 13.2. The zero-order valence-electron chi connectivity index (χ0n) is 16.3. The number of aliphatic imine (C=N–C) groups is 1. The first-order valence-corrected chi connectivity index (χ1v) is 10.1. The fourth-order valence-electron chi connectivity index (χ4n) is 4.04. The molecule has 1 N–H and O–H groups in total. The molecule has 27 heavy (non-hydrogen) atoms. The van der Waals surface area contributed by atoms with Gasteiger partial charge < -0.3 is 15.1 Å². The lowest BCUT2D eigenvalue weighted by Gasteiger charge is -2.29. The van der Waals surface area contributed by atoms with Gasteiger partial charge in [0.2, 0.25) is 0 Å². The number of likely N-dealkylation sites (tertiary alicyclic amines) is 2. The van der Waals surface area contributed by atoms with Crippen LogP contribution in [0.5, 0.6) is 0 Å². The van der Waals surface area contributed by atoms with Gasteiger partial charge in [-0.1, -0.05) is 18.6 Å². The number of nitrogens with one attached hydrogen (secondary N) is 1.